The van der Waals surface area contributed by atoms with Gasteiger partial charge in [-0.05, 0) is 26.2 Å². The summed E-state index contributed by atoms with van der Waals surface area (Å²) in [6.45, 7) is 2.01. The zero-order valence-corrected chi connectivity index (χ0v) is 14.6. The molecule has 2 fully saturated rings. The van der Waals surface area contributed by atoms with E-state index in [2.05, 4.69) is 31.8 Å². The first-order valence-corrected chi connectivity index (χ1v) is 8.85. The summed E-state index contributed by atoms with van der Waals surface area (Å²) in [5.74, 6) is 0.564. The topological polar surface area (TPSA) is 91.5 Å². The summed E-state index contributed by atoms with van der Waals surface area (Å²) < 4.78 is 41.1. The van der Waals surface area contributed by atoms with Crippen LogP contribution in [0.1, 0.15) is 49.4 Å². The second-order valence-electron chi connectivity index (χ2n) is 6.82. The Balaban J connectivity index is 1.62. The van der Waals surface area contributed by atoms with Gasteiger partial charge in [-0.2, -0.15) is 28.5 Å². The smallest absolute Gasteiger partial charge is 0.370 e. The molecule has 0 saturated heterocycles. The van der Waals surface area contributed by atoms with Gasteiger partial charge in [0.05, 0.1) is 23.7 Å². The average Bonchev–Trinajstić information content (AvgIpc) is 3.53. The molecule has 0 aliphatic heterocycles. The third-order valence-corrected chi connectivity index (χ3v) is 4.66. The van der Waals surface area contributed by atoms with Crippen molar-refractivity contribution in [3.05, 3.63) is 23.5 Å². The number of nitriles is 1. The fourth-order valence-electron chi connectivity index (χ4n) is 3.02. The van der Waals surface area contributed by atoms with Crippen molar-refractivity contribution in [2.75, 3.05) is 17.2 Å². The first-order valence-electron chi connectivity index (χ1n) is 8.85. The zero-order valence-electron chi connectivity index (χ0n) is 14.6. The van der Waals surface area contributed by atoms with Crippen LogP contribution >= 0.6 is 0 Å². The van der Waals surface area contributed by atoms with Gasteiger partial charge in [-0.3, -0.25) is 0 Å². The quantitative estimate of drug-likeness (QED) is 0.795. The Hall–Kier alpha value is -2.83. The maximum atomic E-state index is 13.1. The summed E-state index contributed by atoms with van der Waals surface area (Å²) in [5.41, 5.74) is -0.0732. The van der Waals surface area contributed by atoms with Crippen molar-refractivity contribution in [3.8, 4) is 6.07 Å². The average molecular weight is 377 g/mol. The molecule has 0 aromatic carbocycles. The van der Waals surface area contributed by atoms with Crippen molar-refractivity contribution in [2.24, 2.45) is 5.92 Å². The molecule has 2 N–H and O–H groups in total. The SMILES string of the molecule is CCNc1nc(Nc2cc([C@H]3CC3C#N)nn2C2CC2)ncc1C(F)(F)F. The van der Waals surface area contributed by atoms with Crippen LogP contribution in [-0.2, 0) is 6.18 Å². The highest BCUT2D eigenvalue weighted by Crippen LogP contribution is 2.48. The van der Waals surface area contributed by atoms with E-state index < -0.39 is 11.7 Å². The second-order valence-corrected chi connectivity index (χ2v) is 6.82. The number of nitrogens with one attached hydrogen (secondary N) is 2. The van der Waals surface area contributed by atoms with Crippen LogP contribution < -0.4 is 10.6 Å². The maximum absolute atomic E-state index is 13.1. The lowest BCUT2D eigenvalue weighted by Crippen LogP contribution is -2.14. The molecular formula is C17H18F3N7. The molecule has 4 rings (SSSR count). The second kappa shape index (κ2) is 6.40. The standard InChI is InChI=1S/C17H18F3N7/c1-2-22-15-12(17(18,19)20)8-23-16(25-15)24-14-6-13(11-5-9(11)7-21)26-27(14)10-3-4-10/h6,8-11H,2-5H2,1H3,(H2,22,23,24,25)/t9?,11-/m0/s1. The molecule has 7 nitrogen and oxygen atoms in total. The van der Waals surface area contributed by atoms with Crippen molar-refractivity contribution in [1.82, 2.24) is 19.7 Å². The number of aromatic nitrogens is 4. The molecule has 10 heteroatoms. The van der Waals surface area contributed by atoms with Crippen LogP contribution in [0.5, 0.6) is 0 Å². The molecule has 2 aliphatic rings. The zero-order chi connectivity index (χ0) is 19.2. The Morgan fingerprint density at radius 2 is 2.15 bits per heavy atom. The van der Waals surface area contributed by atoms with Crippen molar-refractivity contribution >= 4 is 17.6 Å². The molecule has 0 radical (unpaired) electrons. The Labute approximate surface area is 153 Å². The predicted molar refractivity (Wildman–Crippen MR) is 91.4 cm³/mol. The van der Waals surface area contributed by atoms with Gasteiger partial charge in [0.25, 0.3) is 0 Å². The van der Waals surface area contributed by atoms with Gasteiger partial charge in [0, 0.05) is 24.7 Å². The minimum atomic E-state index is -4.53. The van der Waals surface area contributed by atoms with Gasteiger partial charge in [-0.1, -0.05) is 0 Å². The van der Waals surface area contributed by atoms with E-state index in [0.29, 0.717) is 12.4 Å². The normalized spacial score (nSPS) is 21.6. The summed E-state index contributed by atoms with van der Waals surface area (Å²) in [5, 5.41) is 19.3. The first-order chi connectivity index (χ1) is 12.9. The summed E-state index contributed by atoms with van der Waals surface area (Å²) >= 11 is 0. The number of halogens is 3. The summed E-state index contributed by atoms with van der Waals surface area (Å²) in [4.78, 5) is 7.83. The van der Waals surface area contributed by atoms with Gasteiger partial charge in [0.15, 0.2) is 0 Å². The molecule has 2 atom stereocenters. The highest BCUT2D eigenvalue weighted by atomic mass is 19.4. The third-order valence-electron chi connectivity index (χ3n) is 4.66. The van der Waals surface area contributed by atoms with Gasteiger partial charge in [-0.25, -0.2) is 9.67 Å². The van der Waals surface area contributed by atoms with E-state index in [1.54, 1.807) is 6.92 Å². The molecule has 0 bridgehead atoms. The molecule has 2 aromatic rings. The Kier molecular flexibility index (Phi) is 4.17. The number of rotatable bonds is 6. The fraction of sp³-hybridized carbons (Fsp3) is 0.529. The molecule has 0 amide bonds. The molecule has 142 valence electrons. The van der Waals surface area contributed by atoms with E-state index in [1.807, 2.05) is 10.7 Å². The monoisotopic (exact) mass is 377 g/mol. The first kappa shape index (κ1) is 17.6. The summed E-state index contributed by atoms with van der Waals surface area (Å²) in [6, 6.07) is 4.35. The van der Waals surface area contributed by atoms with Gasteiger partial charge in [0.1, 0.15) is 17.2 Å². The van der Waals surface area contributed by atoms with E-state index >= 15 is 0 Å². The van der Waals surface area contributed by atoms with Crippen LogP contribution in [0.15, 0.2) is 12.3 Å². The van der Waals surface area contributed by atoms with Gasteiger partial charge < -0.3 is 10.6 Å². The molecular weight excluding hydrogens is 359 g/mol. The highest BCUT2D eigenvalue weighted by Gasteiger charge is 2.42. The number of hydrogen-bond donors (Lipinski definition) is 2. The highest BCUT2D eigenvalue weighted by molar-refractivity contribution is 5.55. The van der Waals surface area contributed by atoms with E-state index in [0.717, 1.165) is 31.2 Å². The number of nitrogens with zero attached hydrogens (tertiary/aromatic N) is 5. The lowest BCUT2D eigenvalue weighted by atomic mass is 10.2. The molecule has 1 unspecified atom stereocenters. The van der Waals surface area contributed by atoms with Crippen molar-refractivity contribution in [3.63, 3.8) is 0 Å². The van der Waals surface area contributed by atoms with E-state index in [4.69, 9.17) is 5.26 Å². The Bertz CT molecular complexity index is 895. The Morgan fingerprint density at radius 3 is 2.74 bits per heavy atom. The lowest BCUT2D eigenvalue weighted by molar-refractivity contribution is -0.137. The summed E-state index contributed by atoms with van der Waals surface area (Å²) in [6.07, 6.45) is -0.966. The van der Waals surface area contributed by atoms with Crippen LogP contribution in [0.2, 0.25) is 0 Å². The molecule has 27 heavy (non-hydrogen) atoms. The molecule has 0 spiro atoms. The van der Waals surface area contributed by atoms with Gasteiger partial charge in [0.2, 0.25) is 5.95 Å². The van der Waals surface area contributed by atoms with Crippen molar-refractivity contribution < 1.29 is 13.2 Å². The summed E-state index contributed by atoms with van der Waals surface area (Å²) in [7, 11) is 0. The van der Waals surface area contributed by atoms with Crippen LogP contribution in [0.3, 0.4) is 0 Å². The number of hydrogen-bond acceptors (Lipinski definition) is 6. The minimum Gasteiger partial charge on any atom is -0.370 e. The molecule has 2 aliphatic carbocycles. The number of alkyl halides is 3. The van der Waals surface area contributed by atoms with Crippen LogP contribution in [0.25, 0.3) is 0 Å². The van der Waals surface area contributed by atoms with Crippen molar-refractivity contribution in [2.45, 2.75) is 44.3 Å². The largest absolute Gasteiger partial charge is 0.421 e. The van der Waals surface area contributed by atoms with Crippen molar-refractivity contribution in [1.29, 1.82) is 5.26 Å². The molecule has 2 aromatic heterocycles. The molecule has 2 heterocycles. The fourth-order valence-corrected chi connectivity index (χ4v) is 3.02. The number of anilines is 3. The predicted octanol–water partition coefficient (Wildman–Crippen LogP) is 3.83. The Morgan fingerprint density at radius 1 is 1.37 bits per heavy atom. The van der Waals surface area contributed by atoms with E-state index in [9.17, 15) is 13.2 Å². The molecule has 2 saturated carbocycles. The van der Waals surface area contributed by atoms with Gasteiger partial charge in [-0.15, -0.1) is 0 Å². The van der Waals surface area contributed by atoms with E-state index in [1.165, 1.54) is 0 Å². The third kappa shape index (κ3) is 3.54. The lowest BCUT2D eigenvalue weighted by Gasteiger charge is -2.14. The maximum Gasteiger partial charge on any atom is 0.421 e. The van der Waals surface area contributed by atoms with E-state index in [-0.39, 0.29) is 29.6 Å². The van der Waals surface area contributed by atoms with Crippen LogP contribution in [0.4, 0.5) is 30.8 Å². The van der Waals surface area contributed by atoms with Crippen LogP contribution in [-0.4, -0.2) is 26.3 Å². The minimum absolute atomic E-state index is 0.0110. The van der Waals surface area contributed by atoms with Crippen LogP contribution in [0, 0.1) is 17.2 Å². The van der Waals surface area contributed by atoms with Gasteiger partial charge >= 0.3 is 6.18 Å².